The molecule has 1 atom stereocenters. The molecule has 0 aromatic heterocycles. The van der Waals surface area contributed by atoms with E-state index in [0.717, 1.165) is 4.47 Å². The van der Waals surface area contributed by atoms with Crippen LogP contribution in [0.1, 0.15) is 11.7 Å². The van der Waals surface area contributed by atoms with Gasteiger partial charge in [-0.1, -0.05) is 33.6 Å². The molecule has 12 heavy (non-hydrogen) atoms. The van der Waals surface area contributed by atoms with E-state index in [-0.39, 0.29) is 10.6 Å². The summed E-state index contributed by atoms with van der Waals surface area (Å²) in [6, 6.07) is 6.16. The second-order valence-electron chi connectivity index (χ2n) is 2.16. The highest BCUT2D eigenvalue weighted by molar-refractivity contribution is 9.10. The molecule has 0 saturated heterocycles. The minimum Gasteiger partial charge on any atom is -0.226 e. The van der Waals surface area contributed by atoms with Crippen molar-refractivity contribution in [1.82, 2.24) is 0 Å². The molecule has 0 aliphatic carbocycles. The molecular weight excluding hydrogens is 244 g/mol. The Bertz CT molecular complexity index is 334. The lowest BCUT2D eigenvalue weighted by Crippen LogP contribution is -1.88. The van der Waals surface area contributed by atoms with Gasteiger partial charge in [0.25, 0.3) is 0 Å². The Morgan fingerprint density at radius 3 is 2.75 bits per heavy atom. The number of nitrogens with zero attached hydrogens (tertiary/aromatic N) is 1. The Balaban J connectivity index is 3.11. The van der Waals surface area contributed by atoms with Crippen LogP contribution in [0.4, 0.5) is 4.39 Å². The van der Waals surface area contributed by atoms with Gasteiger partial charge in [0, 0.05) is 15.1 Å². The molecule has 4 heteroatoms. The van der Waals surface area contributed by atoms with Gasteiger partial charge in [-0.2, -0.15) is 5.26 Å². The van der Waals surface area contributed by atoms with Crippen LogP contribution in [0.15, 0.2) is 22.7 Å². The maximum Gasteiger partial charge on any atom is 0.212 e. The van der Waals surface area contributed by atoms with E-state index in [1.807, 2.05) is 0 Å². The molecule has 1 aromatic rings. The lowest BCUT2D eigenvalue weighted by Gasteiger charge is -2.02. The highest BCUT2D eigenvalue weighted by Crippen LogP contribution is 2.27. The molecule has 0 aliphatic rings. The van der Waals surface area contributed by atoms with E-state index in [0.29, 0.717) is 0 Å². The van der Waals surface area contributed by atoms with Gasteiger partial charge < -0.3 is 0 Å². The average Bonchev–Trinajstić information content (AvgIpc) is 2.03. The van der Waals surface area contributed by atoms with Crippen molar-refractivity contribution in [3.63, 3.8) is 0 Å². The Kier molecular flexibility index (Phi) is 3.07. The van der Waals surface area contributed by atoms with Gasteiger partial charge in [0.15, 0.2) is 0 Å². The number of benzene rings is 1. The van der Waals surface area contributed by atoms with Crippen molar-refractivity contribution in [1.29, 1.82) is 5.26 Å². The molecule has 1 nitrogen and oxygen atoms in total. The van der Waals surface area contributed by atoms with E-state index in [1.165, 1.54) is 12.1 Å². The summed E-state index contributed by atoms with van der Waals surface area (Å²) in [6.07, 6.45) is -1.65. The summed E-state index contributed by atoms with van der Waals surface area (Å²) in [5.74, 6) is 0. The summed E-state index contributed by atoms with van der Waals surface area (Å²) in [5.41, 5.74) is 0.211. The van der Waals surface area contributed by atoms with Crippen LogP contribution in [0, 0.1) is 11.3 Å². The standard InChI is InChI=1S/C8H4BrClFN/c9-5-1-2-6(7(10)3-5)8(11)4-12/h1-3,8H/t8-/m1/s1. The number of nitriles is 1. The molecule has 0 spiro atoms. The van der Waals surface area contributed by atoms with Crippen molar-refractivity contribution in [2.24, 2.45) is 0 Å². The van der Waals surface area contributed by atoms with E-state index < -0.39 is 6.17 Å². The second kappa shape index (κ2) is 3.88. The van der Waals surface area contributed by atoms with Gasteiger partial charge >= 0.3 is 0 Å². The van der Waals surface area contributed by atoms with E-state index in [9.17, 15) is 4.39 Å². The van der Waals surface area contributed by atoms with Crippen molar-refractivity contribution in [2.45, 2.75) is 6.17 Å². The highest BCUT2D eigenvalue weighted by Gasteiger charge is 2.11. The average molecular weight is 248 g/mol. The third kappa shape index (κ3) is 1.96. The molecule has 0 fully saturated rings. The minimum atomic E-state index is -1.65. The smallest absolute Gasteiger partial charge is 0.212 e. The van der Waals surface area contributed by atoms with Crippen LogP contribution in [0.3, 0.4) is 0 Å². The van der Waals surface area contributed by atoms with Gasteiger partial charge in [-0.25, -0.2) is 4.39 Å². The first-order chi connectivity index (χ1) is 5.65. The van der Waals surface area contributed by atoms with Gasteiger partial charge in [0.2, 0.25) is 6.17 Å². The zero-order valence-electron chi connectivity index (χ0n) is 5.89. The first-order valence-electron chi connectivity index (χ1n) is 3.14. The summed E-state index contributed by atoms with van der Waals surface area (Å²) in [6.45, 7) is 0. The molecule has 0 bridgehead atoms. The number of hydrogen-bond acceptors (Lipinski definition) is 1. The summed E-state index contributed by atoms with van der Waals surface area (Å²) in [5, 5.41) is 8.55. The number of hydrogen-bond donors (Lipinski definition) is 0. The lowest BCUT2D eigenvalue weighted by atomic mass is 10.1. The first-order valence-corrected chi connectivity index (χ1v) is 4.31. The van der Waals surface area contributed by atoms with Crippen molar-refractivity contribution >= 4 is 27.5 Å². The maximum atomic E-state index is 12.8. The fourth-order valence-corrected chi connectivity index (χ4v) is 1.55. The highest BCUT2D eigenvalue weighted by atomic mass is 79.9. The maximum absolute atomic E-state index is 12.8. The zero-order chi connectivity index (χ0) is 9.14. The normalized spacial score (nSPS) is 12.2. The summed E-state index contributed by atoms with van der Waals surface area (Å²) >= 11 is 8.86. The monoisotopic (exact) mass is 247 g/mol. The van der Waals surface area contributed by atoms with Crippen molar-refractivity contribution < 1.29 is 4.39 Å². The van der Waals surface area contributed by atoms with Gasteiger partial charge in [0.05, 0.1) is 0 Å². The summed E-state index contributed by atoms with van der Waals surface area (Å²) in [4.78, 5) is 0. The third-order valence-electron chi connectivity index (χ3n) is 1.35. The predicted octanol–water partition coefficient (Wildman–Crippen LogP) is 3.64. The molecule has 0 unspecified atom stereocenters. The molecule has 0 N–H and O–H groups in total. The van der Waals surface area contributed by atoms with E-state index >= 15 is 0 Å². The van der Waals surface area contributed by atoms with Crippen LogP contribution in [0.25, 0.3) is 0 Å². The van der Waals surface area contributed by atoms with Gasteiger partial charge in [-0.3, -0.25) is 0 Å². The number of alkyl halides is 1. The third-order valence-corrected chi connectivity index (χ3v) is 2.17. The van der Waals surface area contributed by atoms with Crippen LogP contribution < -0.4 is 0 Å². The van der Waals surface area contributed by atoms with Gasteiger partial charge in [0.1, 0.15) is 6.07 Å². The molecule has 1 rings (SSSR count). The topological polar surface area (TPSA) is 23.8 Å². The zero-order valence-corrected chi connectivity index (χ0v) is 8.23. The van der Waals surface area contributed by atoms with E-state index in [1.54, 1.807) is 12.1 Å². The Hall–Kier alpha value is -0.590. The molecule has 62 valence electrons. The summed E-state index contributed by atoms with van der Waals surface area (Å²) in [7, 11) is 0. The van der Waals surface area contributed by atoms with Crippen LogP contribution in [-0.4, -0.2) is 0 Å². The van der Waals surface area contributed by atoms with Crippen LogP contribution in [0.5, 0.6) is 0 Å². The predicted molar refractivity (Wildman–Crippen MR) is 48.6 cm³/mol. The molecule has 0 heterocycles. The lowest BCUT2D eigenvalue weighted by molar-refractivity contribution is 0.424. The Morgan fingerprint density at radius 2 is 2.25 bits per heavy atom. The summed E-state index contributed by atoms with van der Waals surface area (Å²) < 4.78 is 13.6. The van der Waals surface area contributed by atoms with Crippen molar-refractivity contribution in [3.05, 3.63) is 33.3 Å². The van der Waals surface area contributed by atoms with E-state index in [4.69, 9.17) is 16.9 Å². The minimum absolute atomic E-state index is 0.211. The quantitative estimate of drug-likeness (QED) is 0.744. The van der Waals surface area contributed by atoms with Crippen LogP contribution in [-0.2, 0) is 0 Å². The molecule has 0 radical (unpaired) electrons. The largest absolute Gasteiger partial charge is 0.226 e. The molecule has 1 aromatic carbocycles. The van der Waals surface area contributed by atoms with Gasteiger partial charge in [-0.15, -0.1) is 0 Å². The van der Waals surface area contributed by atoms with Crippen molar-refractivity contribution in [2.75, 3.05) is 0 Å². The Labute approximate surface area is 82.9 Å². The molecular formula is C8H4BrClFN. The fraction of sp³-hybridized carbons (Fsp3) is 0.125. The Morgan fingerprint density at radius 1 is 1.58 bits per heavy atom. The SMILES string of the molecule is N#C[C@@H](F)c1ccc(Br)cc1Cl. The fourth-order valence-electron chi connectivity index (χ4n) is 0.777. The number of halogens is 3. The molecule has 0 aliphatic heterocycles. The molecule has 0 saturated carbocycles. The van der Waals surface area contributed by atoms with Crippen molar-refractivity contribution in [3.8, 4) is 6.07 Å². The first kappa shape index (κ1) is 9.50. The second-order valence-corrected chi connectivity index (χ2v) is 3.48. The number of rotatable bonds is 1. The molecule has 0 amide bonds. The van der Waals surface area contributed by atoms with Gasteiger partial charge in [-0.05, 0) is 12.1 Å². The van der Waals surface area contributed by atoms with Crippen LogP contribution >= 0.6 is 27.5 Å². The van der Waals surface area contributed by atoms with Crippen LogP contribution in [0.2, 0.25) is 5.02 Å². The van der Waals surface area contributed by atoms with E-state index in [2.05, 4.69) is 15.9 Å².